The Bertz CT molecular complexity index is 575. The Morgan fingerprint density at radius 2 is 2.22 bits per heavy atom. The van der Waals surface area contributed by atoms with Crippen molar-refractivity contribution in [2.75, 3.05) is 13.6 Å². The monoisotopic (exact) mass is 337 g/mol. The van der Waals surface area contributed by atoms with E-state index in [0.29, 0.717) is 12.5 Å². The highest BCUT2D eigenvalue weighted by molar-refractivity contribution is 9.10. The van der Waals surface area contributed by atoms with E-state index in [4.69, 9.17) is 9.52 Å². The lowest BCUT2D eigenvalue weighted by molar-refractivity contribution is 0.0661. The molecule has 2 rings (SSSR count). The lowest BCUT2D eigenvalue weighted by atomic mass is 10.4. The summed E-state index contributed by atoms with van der Waals surface area (Å²) < 4.78 is 30.4. The van der Waals surface area contributed by atoms with Crippen LogP contribution in [0, 0.1) is 5.92 Å². The van der Waals surface area contributed by atoms with Gasteiger partial charge < -0.3 is 9.52 Å². The number of rotatable bonds is 5. The first kappa shape index (κ1) is 13.6. The Kier molecular flexibility index (Phi) is 3.52. The molecule has 1 saturated carbocycles. The molecule has 1 N–H and O–H groups in total. The molecule has 0 saturated heterocycles. The number of hydrogen-bond donors (Lipinski definition) is 1. The first-order chi connectivity index (χ1) is 8.32. The van der Waals surface area contributed by atoms with Crippen molar-refractivity contribution in [1.29, 1.82) is 0 Å². The molecule has 8 heteroatoms. The second-order valence-corrected chi connectivity index (χ2v) is 7.02. The van der Waals surface area contributed by atoms with Crippen molar-refractivity contribution >= 4 is 31.9 Å². The van der Waals surface area contributed by atoms with E-state index < -0.39 is 21.8 Å². The van der Waals surface area contributed by atoms with Crippen LogP contribution in [0.2, 0.25) is 0 Å². The van der Waals surface area contributed by atoms with Crippen molar-refractivity contribution in [3.63, 3.8) is 0 Å². The van der Waals surface area contributed by atoms with Crippen molar-refractivity contribution in [2.45, 2.75) is 17.7 Å². The van der Waals surface area contributed by atoms with Crippen LogP contribution >= 0.6 is 15.9 Å². The van der Waals surface area contributed by atoms with Gasteiger partial charge in [0.25, 0.3) is 0 Å². The molecule has 6 nitrogen and oxygen atoms in total. The summed E-state index contributed by atoms with van der Waals surface area (Å²) in [5, 5.41) is 8.76. The number of halogens is 1. The average Bonchev–Trinajstić information content (AvgIpc) is 2.98. The number of nitrogens with zero attached hydrogens (tertiary/aromatic N) is 1. The number of carbonyl (C=O) groups is 1. The van der Waals surface area contributed by atoms with Crippen molar-refractivity contribution in [3.8, 4) is 0 Å². The minimum Gasteiger partial charge on any atom is -0.475 e. The summed E-state index contributed by atoms with van der Waals surface area (Å²) in [6.07, 6.45) is 2.07. The van der Waals surface area contributed by atoms with Gasteiger partial charge >= 0.3 is 5.97 Å². The van der Waals surface area contributed by atoms with E-state index in [2.05, 4.69) is 15.9 Å². The molecule has 0 aromatic carbocycles. The summed E-state index contributed by atoms with van der Waals surface area (Å²) in [5.74, 6) is -1.29. The van der Waals surface area contributed by atoms with Crippen LogP contribution in [0.4, 0.5) is 0 Å². The fourth-order valence-corrected chi connectivity index (χ4v) is 3.71. The Labute approximate surface area is 113 Å². The fourth-order valence-electron chi connectivity index (χ4n) is 1.56. The highest BCUT2D eigenvalue weighted by atomic mass is 79.9. The smallest absolute Gasteiger partial charge is 0.371 e. The number of carboxylic acids is 1. The molecule has 1 fully saturated rings. The van der Waals surface area contributed by atoms with Crippen molar-refractivity contribution in [3.05, 3.63) is 16.5 Å². The molecule has 0 amide bonds. The van der Waals surface area contributed by atoms with Gasteiger partial charge in [0, 0.05) is 19.7 Å². The van der Waals surface area contributed by atoms with E-state index in [0.717, 1.165) is 18.9 Å². The molecule has 0 spiro atoms. The molecule has 18 heavy (non-hydrogen) atoms. The van der Waals surface area contributed by atoms with Crippen LogP contribution in [0.3, 0.4) is 0 Å². The normalized spacial score (nSPS) is 16.2. The quantitative estimate of drug-likeness (QED) is 0.884. The summed E-state index contributed by atoms with van der Waals surface area (Å²) in [5.41, 5.74) is 0. The zero-order chi connectivity index (χ0) is 13.5. The van der Waals surface area contributed by atoms with Crippen molar-refractivity contribution in [2.24, 2.45) is 5.92 Å². The van der Waals surface area contributed by atoms with Crippen molar-refractivity contribution < 1.29 is 22.7 Å². The molecule has 100 valence electrons. The van der Waals surface area contributed by atoms with Crippen molar-refractivity contribution in [1.82, 2.24) is 4.31 Å². The first-order valence-electron chi connectivity index (χ1n) is 5.31. The van der Waals surface area contributed by atoms with Gasteiger partial charge in [-0.25, -0.2) is 17.5 Å². The van der Waals surface area contributed by atoms with Gasteiger partial charge in [-0.2, -0.15) is 0 Å². The molecule has 1 aromatic heterocycles. The second kappa shape index (κ2) is 4.67. The predicted octanol–water partition coefficient (Wildman–Crippen LogP) is 1.77. The molecular weight excluding hydrogens is 326 g/mol. The van der Waals surface area contributed by atoms with E-state index in [1.807, 2.05) is 0 Å². The van der Waals surface area contributed by atoms with Crippen LogP contribution in [-0.2, 0) is 10.0 Å². The summed E-state index contributed by atoms with van der Waals surface area (Å²) >= 11 is 2.94. The third-order valence-corrected chi connectivity index (χ3v) is 5.45. The number of furan rings is 1. The lowest BCUT2D eigenvalue weighted by Gasteiger charge is -2.15. The topological polar surface area (TPSA) is 87.8 Å². The second-order valence-electron chi connectivity index (χ2n) is 4.28. The highest BCUT2D eigenvalue weighted by Crippen LogP contribution is 2.33. The first-order valence-corrected chi connectivity index (χ1v) is 7.54. The Hall–Kier alpha value is -0.860. The summed E-state index contributed by atoms with van der Waals surface area (Å²) in [6.45, 7) is 0.447. The van der Waals surface area contributed by atoms with Gasteiger partial charge in [0.05, 0.1) is 0 Å². The van der Waals surface area contributed by atoms with Gasteiger partial charge in [0.2, 0.25) is 15.8 Å². The lowest BCUT2D eigenvalue weighted by Crippen LogP contribution is -2.28. The highest BCUT2D eigenvalue weighted by Gasteiger charge is 2.32. The minimum absolute atomic E-state index is 0.0810. The Morgan fingerprint density at radius 1 is 1.61 bits per heavy atom. The van der Waals surface area contributed by atoms with Gasteiger partial charge in [0.15, 0.2) is 4.67 Å². The van der Waals surface area contributed by atoms with Crippen LogP contribution in [0.15, 0.2) is 20.0 Å². The molecule has 1 aliphatic rings. The predicted molar refractivity (Wildman–Crippen MR) is 65.9 cm³/mol. The van der Waals surface area contributed by atoms with Crippen LogP contribution < -0.4 is 0 Å². The van der Waals surface area contributed by atoms with Crippen LogP contribution in [0.1, 0.15) is 23.4 Å². The maximum absolute atomic E-state index is 12.2. The molecule has 0 radical (unpaired) electrons. The van der Waals surface area contributed by atoms with Gasteiger partial charge in [0.1, 0.15) is 4.90 Å². The third-order valence-electron chi connectivity index (χ3n) is 2.77. The number of hydrogen-bond acceptors (Lipinski definition) is 4. The van der Waals surface area contributed by atoms with Crippen LogP contribution in [-0.4, -0.2) is 37.4 Å². The number of carboxylic acid groups (broad SMARTS) is 1. The number of aromatic carboxylic acids is 1. The third kappa shape index (κ3) is 2.60. The van der Waals surface area contributed by atoms with E-state index in [9.17, 15) is 13.2 Å². The number of sulfonamides is 1. The maximum atomic E-state index is 12.2. The minimum atomic E-state index is -3.71. The molecule has 0 atom stereocenters. The van der Waals surface area contributed by atoms with E-state index in [-0.39, 0.29) is 9.56 Å². The molecule has 1 aromatic rings. The standard InChI is InChI=1S/C10H12BrNO5S/c1-12(5-6-2-3-6)18(15,16)8-4-7(10(13)14)17-9(8)11/h4,6H,2-3,5H2,1H3,(H,13,14). The van der Waals surface area contributed by atoms with E-state index in [1.54, 1.807) is 0 Å². The summed E-state index contributed by atoms with van der Waals surface area (Å²) in [7, 11) is -2.23. The summed E-state index contributed by atoms with van der Waals surface area (Å²) in [6, 6.07) is 1.02. The molecule has 0 unspecified atom stereocenters. The van der Waals surface area contributed by atoms with Crippen LogP contribution in [0.5, 0.6) is 0 Å². The molecular formula is C10H12BrNO5S. The average molecular weight is 338 g/mol. The molecule has 0 aliphatic heterocycles. The Balaban J connectivity index is 2.30. The zero-order valence-corrected chi connectivity index (χ0v) is 12.0. The zero-order valence-electron chi connectivity index (χ0n) is 9.59. The van der Waals surface area contributed by atoms with Crippen LogP contribution in [0.25, 0.3) is 0 Å². The SMILES string of the molecule is CN(CC1CC1)S(=O)(=O)c1cc(C(=O)O)oc1Br. The van der Waals surface area contributed by atoms with E-state index >= 15 is 0 Å². The van der Waals surface area contributed by atoms with Gasteiger partial charge in [-0.3, -0.25) is 0 Å². The fraction of sp³-hybridized carbons (Fsp3) is 0.500. The maximum Gasteiger partial charge on any atom is 0.371 e. The molecule has 1 heterocycles. The van der Waals surface area contributed by atoms with Gasteiger partial charge in [-0.1, -0.05) is 0 Å². The van der Waals surface area contributed by atoms with E-state index in [1.165, 1.54) is 11.4 Å². The molecule has 1 aliphatic carbocycles. The largest absolute Gasteiger partial charge is 0.475 e. The Morgan fingerprint density at radius 3 is 2.67 bits per heavy atom. The van der Waals surface area contributed by atoms with Gasteiger partial charge in [-0.05, 0) is 34.7 Å². The summed E-state index contributed by atoms with van der Waals surface area (Å²) in [4.78, 5) is 10.6. The van der Waals surface area contributed by atoms with Gasteiger partial charge in [-0.15, -0.1) is 0 Å². The molecule has 0 bridgehead atoms.